The fraction of sp³-hybridized carbons (Fsp3) is 0.135. The lowest BCUT2D eigenvalue weighted by Crippen LogP contribution is -2.29. The number of nitrogens with zero attached hydrogens (tertiary/aromatic N) is 3. The lowest BCUT2D eigenvalue weighted by Gasteiger charge is -2.35. The number of anilines is 3. The summed E-state index contributed by atoms with van der Waals surface area (Å²) in [5.74, 6) is 0. The van der Waals surface area contributed by atoms with E-state index in [0.717, 1.165) is 28.4 Å². The van der Waals surface area contributed by atoms with Crippen molar-refractivity contribution in [2.75, 3.05) is 4.90 Å². The summed E-state index contributed by atoms with van der Waals surface area (Å²) in [5, 5.41) is 4.88. The van der Waals surface area contributed by atoms with Gasteiger partial charge < -0.3 is 14.0 Å². The summed E-state index contributed by atoms with van der Waals surface area (Å²) in [6, 6.07) is 134. The van der Waals surface area contributed by atoms with Gasteiger partial charge in [-0.1, -0.05) is 305 Å². The maximum atomic E-state index is 2.53. The standard InChI is InChI=1S/C104H85N3/c1-100(2,3)72-38-50-79(51-39-72)105(80-56-44-75(45-57-80)103(92-32-20-16-28-84(92)85-29-17-21-33-93(85)103)77-48-62-98-90(66-77)88-64-70(68-24-12-10-13-25-68)36-60-96(88)106(98)82-52-40-73(41-53-82)101(4,5)6)81-58-46-76(47-59-81)104(94-34-22-18-30-86(94)87-31-19-23-35-95(87)104)78-49-63-99-91(67-78)89-65-71(69-26-14-11-15-27-69)37-61-97(89)107(99)83-54-42-74(43-55-83)102(7,8)9/h10-67H,1-9H3. The molecule has 0 spiro atoms. The third kappa shape index (κ3) is 10.4. The van der Waals surface area contributed by atoms with Gasteiger partial charge in [0.05, 0.1) is 32.9 Å². The third-order valence-corrected chi connectivity index (χ3v) is 23.6. The summed E-state index contributed by atoms with van der Waals surface area (Å²) in [6.07, 6.45) is 0. The van der Waals surface area contributed by atoms with Crippen LogP contribution in [0.2, 0.25) is 0 Å². The summed E-state index contributed by atoms with van der Waals surface area (Å²) >= 11 is 0. The molecule has 516 valence electrons. The van der Waals surface area contributed by atoms with Gasteiger partial charge in [-0.05, 0) is 231 Å². The topological polar surface area (TPSA) is 13.1 Å². The Morgan fingerprint density at radius 2 is 0.486 bits per heavy atom. The predicted octanol–water partition coefficient (Wildman–Crippen LogP) is 27.3. The number of aromatic nitrogens is 2. The molecule has 0 fully saturated rings. The van der Waals surface area contributed by atoms with Crippen LogP contribution in [0.4, 0.5) is 17.1 Å². The molecular weight excluding hydrogens is 1290 g/mol. The van der Waals surface area contributed by atoms with Gasteiger partial charge in [0.15, 0.2) is 0 Å². The number of fused-ring (bicyclic) bond motifs is 12. The van der Waals surface area contributed by atoms with E-state index in [0.29, 0.717) is 0 Å². The van der Waals surface area contributed by atoms with Gasteiger partial charge in [-0.15, -0.1) is 0 Å². The molecule has 2 aromatic heterocycles. The maximum Gasteiger partial charge on any atom is 0.0713 e. The summed E-state index contributed by atoms with van der Waals surface area (Å²) < 4.78 is 4.95. The van der Waals surface area contributed by atoms with Crippen LogP contribution < -0.4 is 4.90 Å². The van der Waals surface area contributed by atoms with E-state index in [1.54, 1.807) is 0 Å². The van der Waals surface area contributed by atoms with E-state index < -0.39 is 10.8 Å². The monoisotopic (exact) mass is 1380 g/mol. The number of hydrogen-bond donors (Lipinski definition) is 0. The molecule has 2 aliphatic carbocycles. The second-order valence-corrected chi connectivity index (χ2v) is 32.8. The fourth-order valence-electron chi connectivity index (χ4n) is 18.2. The molecular formula is C104H85N3. The first-order valence-electron chi connectivity index (χ1n) is 38.0. The van der Waals surface area contributed by atoms with Crippen LogP contribution >= 0.6 is 0 Å². The summed E-state index contributed by atoms with van der Waals surface area (Å²) in [6.45, 7) is 20.6. The van der Waals surface area contributed by atoms with Gasteiger partial charge in [0.1, 0.15) is 0 Å². The second-order valence-electron chi connectivity index (χ2n) is 32.8. The number of hydrogen-bond acceptors (Lipinski definition) is 1. The van der Waals surface area contributed by atoms with Crippen LogP contribution in [0, 0.1) is 0 Å². The zero-order valence-electron chi connectivity index (χ0n) is 62.3. The average Bonchev–Trinajstić information content (AvgIpc) is 1.55. The molecule has 0 amide bonds. The molecule has 0 aliphatic heterocycles. The Bertz CT molecular complexity index is 5850. The van der Waals surface area contributed by atoms with E-state index >= 15 is 0 Å². The molecule has 2 aliphatic rings. The lowest BCUT2D eigenvalue weighted by molar-refractivity contribution is 0.590. The molecule has 3 heteroatoms. The van der Waals surface area contributed by atoms with Crippen molar-refractivity contribution in [3.8, 4) is 55.9 Å². The molecule has 0 N–H and O–H groups in total. The van der Waals surface area contributed by atoms with Gasteiger partial charge in [-0.3, -0.25) is 0 Å². The van der Waals surface area contributed by atoms with E-state index in [1.165, 1.54) is 149 Å². The molecule has 0 atom stereocenters. The molecule has 2 heterocycles. The third-order valence-electron chi connectivity index (χ3n) is 23.6. The molecule has 17 aromatic rings. The van der Waals surface area contributed by atoms with Crippen LogP contribution in [-0.2, 0) is 27.1 Å². The highest BCUT2D eigenvalue weighted by atomic mass is 15.1. The summed E-state index contributed by atoms with van der Waals surface area (Å²) in [4.78, 5) is 2.46. The van der Waals surface area contributed by atoms with Crippen LogP contribution in [0.5, 0.6) is 0 Å². The van der Waals surface area contributed by atoms with Crippen molar-refractivity contribution in [2.45, 2.75) is 89.4 Å². The highest BCUT2D eigenvalue weighted by Crippen LogP contribution is 2.59. The van der Waals surface area contributed by atoms with Crippen molar-refractivity contribution in [2.24, 2.45) is 0 Å². The Hall–Kier alpha value is -12.3. The number of benzene rings is 15. The molecule has 0 saturated heterocycles. The highest BCUT2D eigenvalue weighted by Gasteiger charge is 2.48. The molecule has 15 aromatic carbocycles. The van der Waals surface area contributed by atoms with Gasteiger partial charge >= 0.3 is 0 Å². The van der Waals surface area contributed by atoms with Gasteiger partial charge in [-0.25, -0.2) is 0 Å². The van der Waals surface area contributed by atoms with Crippen LogP contribution in [0.25, 0.3) is 99.5 Å². The average molecular weight is 1380 g/mol. The minimum absolute atomic E-state index is 0.0292. The predicted molar refractivity (Wildman–Crippen MR) is 451 cm³/mol. The van der Waals surface area contributed by atoms with Gasteiger partial charge in [-0.2, -0.15) is 0 Å². The SMILES string of the molecule is CC(C)(C)c1ccc(N(c2ccc(C3(c4ccc5c(c4)c4cc(-c6ccccc6)ccc4n5-c4ccc(C(C)(C)C)cc4)c4ccccc4-c4ccccc43)cc2)c2ccc(C3(c4ccc5c(c4)c4cc(-c6ccccc6)ccc4n5-c4ccc(C(C)(C)C)cc4)c4ccccc4-c4ccccc43)cc2)cc1. The molecule has 0 unspecified atom stereocenters. The summed E-state index contributed by atoms with van der Waals surface area (Å²) in [5.41, 5.74) is 32.6. The molecule has 107 heavy (non-hydrogen) atoms. The normalized spacial score (nSPS) is 13.6. The Balaban J connectivity index is 0.786. The van der Waals surface area contributed by atoms with Gasteiger partial charge in [0.2, 0.25) is 0 Å². The van der Waals surface area contributed by atoms with Crippen molar-refractivity contribution in [3.63, 3.8) is 0 Å². The van der Waals surface area contributed by atoms with E-state index in [9.17, 15) is 0 Å². The van der Waals surface area contributed by atoms with Crippen LogP contribution in [0.1, 0.15) is 124 Å². The molecule has 3 nitrogen and oxygen atoms in total. The van der Waals surface area contributed by atoms with Crippen molar-refractivity contribution < 1.29 is 0 Å². The minimum Gasteiger partial charge on any atom is -0.311 e. The van der Waals surface area contributed by atoms with Crippen LogP contribution in [0.3, 0.4) is 0 Å². The Morgan fingerprint density at radius 1 is 0.224 bits per heavy atom. The Labute approximate surface area is 629 Å². The zero-order valence-corrected chi connectivity index (χ0v) is 62.3. The second kappa shape index (κ2) is 24.7. The molecule has 19 rings (SSSR count). The van der Waals surface area contributed by atoms with Gasteiger partial charge in [0, 0.05) is 50.0 Å². The van der Waals surface area contributed by atoms with Gasteiger partial charge in [0.25, 0.3) is 0 Å². The molecule has 0 saturated carbocycles. The van der Waals surface area contributed by atoms with E-state index in [1.807, 2.05) is 0 Å². The first-order valence-corrected chi connectivity index (χ1v) is 38.0. The first kappa shape index (κ1) is 65.5. The van der Waals surface area contributed by atoms with Crippen LogP contribution in [0.15, 0.2) is 352 Å². The smallest absolute Gasteiger partial charge is 0.0713 e. The van der Waals surface area contributed by atoms with Crippen molar-refractivity contribution in [1.82, 2.24) is 9.13 Å². The Morgan fingerprint density at radius 3 is 0.804 bits per heavy atom. The van der Waals surface area contributed by atoms with Crippen molar-refractivity contribution in [3.05, 3.63) is 413 Å². The van der Waals surface area contributed by atoms with E-state index in [-0.39, 0.29) is 16.2 Å². The largest absolute Gasteiger partial charge is 0.311 e. The zero-order chi connectivity index (χ0) is 72.7. The quantitative estimate of drug-likeness (QED) is 0.126. The van der Waals surface area contributed by atoms with E-state index in [2.05, 4.69) is 428 Å². The maximum absolute atomic E-state index is 2.53. The summed E-state index contributed by atoms with van der Waals surface area (Å²) in [7, 11) is 0. The first-order chi connectivity index (χ1) is 51.9. The van der Waals surface area contributed by atoms with Crippen molar-refractivity contribution >= 4 is 60.7 Å². The highest BCUT2D eigenvalue weighted by molar-refractivity contribution is 6.13. The molecule has 0 radical (unpaired) electrons. The number of rotatable bonds is 11. The fourth-order valence-corrected chi connectivity index (χ4v) is 18.2. The Kier molecular flexibility index (Phi) is 15.1. The van der Waals surface area contributed by atoms with E-state index in [4.69, 9.17) is 0 Å². The molecule has 0 bridgehead atoms. The minimum atomic E-state index is -0.678. The lowest BCUT2D eigenvalue weighted by atomic mass is 9.67. The van der Waals surface area contributed by atoms with Crippen molar-refractivity contribution in [1.29, 1.82) is 0 Å². The van der Waals surface area contributed by atoms with Crippen LogP contribution in [-0.4, -0.2) is 9.13 Å².